The van der Waals surface area contributed by atoms with Gasteiger partial charge in [0.1, 0.15) is 0 Å². The summed E-state index contributed by atoms with van der Waals surface area (Å²) in [5.74, 6) is 0.148. The van der Waals surface area contributed by atoms with E-state index in [2.05, 4.69) is 25.3 Å². The normalized spacial score (nSPS) is 10.9. The summed E-state index contributed by atoms with van der Waals surface area (Å²) >= 11 is 17.3. The Labute approximate surface area is 200 Å². The molecule has 0 unspecified atom stereocenters. The molecule has 0 radical (unpaired) electrons. The van der Waals surface area contributed by atoms with E-state index < -0.39 is 10.0 Å². The molecule has 32 heavy (non-hydrogen) atoms. The number of hydrogen-bond donors (Lipinski definition) is 3. The van der Waals surface area contributed by atoms with Crippen LogP contribution < -0.4 is 24.8 Å². The number of aromatic nitrogens is 2. The van der Waals surface area contributed by atoms with Crippen LogP contribution in [0.5, 0.6) is 11.9 Å². The first-order valence-corrected chi connectivity index (χ1v) is 11.5. The molecule has 0 aliphatic heterocycles. The molecular formula is C19H17Cl2N5O4S2. The lowest BCUT2D eigenvalue weighted by Crippen LogP contribution is -2.19. The molecule has 0 saturated carbocycles. The fraction of sp³-hybridized carbons (Fsp3) is 0.105. The van der Waals surface area contributed by atoms with E-state index >= 15 is 0 Å². The summed E-state index contributed by atoms with van der Waals surface area (Å²) in [4.78, 5) is 7.89. The highest BCUT2D eigenvalue weighted by Crippen LogP contribution is 2.26. The van der Waals surface area contributed by atoms with Crippen molar-refractivity contribution in [1.82, 2.24) is 9.97 Å². The molecule has 9 nitrogen and oxygen atoms in total. The largest absolute Gasteiger partial charge is 0.481 e. The zero-order valence-electron chi connectivity index (χ0n) is 16.7. The van der Waals surface area contributed by atoms with Crippen LogP contribution in [-0.2, 0) is 10.0 Å². The second-order valence-electron chi connectivity index (χ2n) is 6.12. The Morgan fingerprint density at radius 3 is 2.34 bits per heavy atom. The number of rotatable bonds is 7. The third-order valence-electron chi connectivity index (χ3n) is 3.91. The minimum atomic E-state index is -3.93. The van der Waals surface area contributed by atoms with Crippen molar-refractivity contribution in [2.45, 2.75) is 4.90 Å². The van der Waals surface area contributed by atoms with Crippen LogP contribution in [0.15, 0.2) is 53.4 Å². The second-order valence-corrected chi connectivity index (χ2v) is 9.05. The molecule has 0 fully saturated rings. The molecule has 0 bridgehead atoms. The SMILES string of the molecule is COc1cc(NS(=O)(=O)c2ccc(NC(=S)Nc3cc(Cl)ccc3Cl)cc2)nc(OC)n1. The van der Waals surface area contributed by atoms with Gasteiger partial charge in [-0.05, 0) is 54.7 Å². The van der Waals surface area contributed by atoms with Gasteiger partial charge in [0.25, 0.3) is 10.0 Å². The van der Waals surface area contributed by atoms with Crippen LogP contribution in [0.2, 0.25) is 10.0 Å². The number of nitrogens with one attached hydrogen (secondary N) is 3. The van der Waals surface area contributed by atoms with Gasteiger partial charge < -0.3 is 20.1 Å². The predicted molar refractivity (Wildman–Crippen MR) is 129 cm³/mol. The van der Waals surface area contributed by atoms with Crippen molar-refractivity contribution in [2.75, 3.05) is 29.6 Å². The molecule has 0 amide bonds. The van der Waals surface area contributed by atoms with Gasteiger partial charge >= 0.3 is 6.01 Å². The van der Waals surface area contributed by atoms with Gasteiger partial charge in [-0.2, -0.15) is 9.97 Å². The topological polar surface area (TPSA) is 114 Å². The summed E-state index contributed by atoms with van der Waals surface area (Å²) in [5.41, 5.74) is 1.10. The smallest absolute Gasteiger partial charge is 0.321 e. The van der Waals surface area contributed by atoms with E-state index in [0.29, 0.717) is 21.4 Å². The molecule has 3 N–H and O–H groups in total. The summed E-state index contributed by atoms with van der Waals surface area (Å²) in [5, 5.41) is 7.08. The maximum Gasteiger partial charge on any atom is 0.321 e. The molecule has 1 aromatic heterocycles. The summed E-state index contributed by atoms with van der Waals surface area (Å²) in [7, 11) is -1.17. The number of sulfonamides is 1. The van der Waals surface area contributed by atoms with Gasteiger partial charge in [0.2, 0.25) is 5.88 Å². The van der Waals surface area contributed by atoms with Gasteiger partial charge in [0.15, 0.2) is 10.9 Å². The van der Waals surface area contributed by atoms with Gasteiger partial charge in [0.05, 0.1) is 29.8 Å². The molecule has 3 aromatic rings. The van der Waals surface area contributed by atoms with Gasteiger partial charge in [-0.1, -0.05) is 23.2 Å². The number of benzene rings is 2. The molecule has 168 valence electrons. The number of hydrogen-bond acceptors (Lipinski definition) is 7. The summed E-state index contributed by atoms with van der Waals surface area (Å²) in [6.45, 7) is 0. The molecule has 0 saturated heterocycles. The molecule has 0 atom stereocenters. The van der Waals surface area contributed by atoms with Crippen LogP contribution in [0.4, 0.5) is 17.2 Å². The fourth-order valence-corrected chi connectivity index (χ4v) is 4.00. The van der Waals surface area contributed by atoms with Crippen molar-refractivity contribution in [3.05, 3.63) is 58.6 Å². The highest BCUT2D eigenvalue weighted by Gasteiger charge is 2.17. The summed E-state index contributed by atoms with van der Waals surface area (Å²) in [6, 6.07) is 12.2. The molecule has 0 aliphatic rings. The van der Waals surface area contributed by atoms with Gasteiger partial charge in [-0.25, -0.2) is 8.42 Å². The van der Waals surface area contributed by atoms with E-state index in [1.54, 1.807) is 30.3 Å². The predicted octanol–water partition coefficient (Wildman–Crippen LogP) is 4.41. The minimum Gasteiger partial charge on any atom is -0.481 e. The third-order valence-corrected chi connectivity index (χ3v) is 6.05. The number of thiocarbonyl (C=S) groups is 1. The molecule has 1 heterocycles. The Hall–Kier alpha value is -2.86. The highest BCUT2D eigenvalue weighted by atomic mass is 35.5. The van der Waals surface area contributed by atoms with E-state index in [0.717, 1.165) is 0 Å². The molecule has 0 spiro atoms. The van der Waals surface area contributed by atoms with Crippen LogP contribution in [0.1, 0.15) is 0 Å². The third kappa shape index (κ3) is 6.10. The molecule has 0 aliphatic carbocycles. The van der Waals surface area contributed by atoms with Crippen LogP contribution in [0, 0.1) is 0 Å². The Balaban J connectivity index is 1.70. The Kier molecular flexibility index (Phi) is 7.56. The van der Waals surface area contributed by atoms with Crippen molar-refractivity contribution in [2.24, 2.45) is 0 Å². The van der Waals surface area contributed by atoms with E-state index in [-0.39, 0.29) is 27.7 Å². The molecule has 2 aromatic carbocycles. The van der Waals surface area contributed by atoms with Crippen LogP contribution >= 0.6 is 35.4 Å². The average molecular weight is 514 g/mol. The second kappa shape index (κ2) is 10.2. The number of halogens is 2. The molecular weight excluding hydrogens is 497 g/mol. The van der Waals surface area contributed by atoms with Crippen LogP contribution in [0.3, 0.4) is 0 Å². The minimum absolute atomic E-state index is 0.000296. The van der Waals surface area contributed by atoms with E-state index in [9.17, 15) is 8.42 Å². The fourth-order valence-electron chi connectivity index (χ4n) is 2.44. The summed E-state index contributed by atoms with van der Waals surface area (Å²) in [6.07, 6.45) is 0. The monoisotopic (exact) mass is 513 g/mol. The number of anilines is 3. The average Bonchev–Trinajstić information content (AvgIpc) is 2.76. The first kappa shape index (κ1) is 23.8. The summed E-state index contributed by atoms with van der Waals surface area (Å²) < 4.78 is 37.7. The molecule has 13 heteroatoms. The lowest BCUT2D eigenvalue weighted by atomic mass is 10.3. The first-order valence-electron chi connectivity index (χ1n) is 8.83. The Morgan fingerprint density at radius 2 is 1.69 bits per heavy atom. The Bertz CT molecular complexity index is 1220. The number of ether oxygens (including phenoxy) is 2. The van der Waals surface area contributed by atoms with Crippen LogP contribution in [-0.4, -0.2) is 37.7 Å². The van der Waals surface area contributed by atoms with Crippen molar-refractivity contribution < 1.29 is 17.9 Å². The quantitative estimate of drug-likeness (QED) is 0.395. The van der Waals surface area contributed by atoms with Crippen molar-refractivity contribution in [1.29, 1.82) is 0 Å². The van der Waals surface area contributed by atoms with Gasteiger partial charge in [-0.3, -0.25) is 4.72 Å². The maximum absolute atomic E-state index is 12.7. The van der Waals surface area contributed by atoms with Gasteiger partial charge in [-0.15, -0.1) is 0 Å². The standard InChI is InChI=1S/C19H17Cl2N5O4S2/c1-29-17-10-16(24-18(25-17)30-2)26-32(27,28)13-6-4-12(5-7-13)22-19(31)23-15-9-11(20)3-8-14(15)21/h3-10H,1-2H3,(H2,22,23,31)(H,24,25,26). The van der Waals surface area contributed by atoms with Crippen molar-refractivity contribution in [3.8, 4) is 11.9 Å². The highest BCUT2D eigenvalue weighted by molar-refractivity contribution is 7.92. The van der Waals surface area contributed by atoms with Crippen molar-refractivity contribution >= 4 is 67.7 Å². The lowest BCUT2D eigenvalue weighted by molar-refractivity contribution is 0.353. The number of nitrogens with zero attached hydrogens (tertiary/aromatic N) is 2. The van der Waals surface area contributed by atoms with E-state index in [4.69, 9.17) is 44.9 Å². The van der Waals surface area contributed by atoms with Crippen molar-refractivity contribution in [3.63, 3.8) is 0 Å². The lowest BCUT2D eigenvalue weighted by Gasteiger charge is -2.13. The Morgan fingerprint density at radius 1 is 0.969 bits per heavy atom. The first-order chi connectivity index (χ1) is 15.2. The number of methoxy groups -OCH3 is 2. The van der Waals surface area contributed by atoms with Gasteiger partial charge in [0, 0.05) is 16.8 Å². The van der Waals surface area contributed by atoms with Crippen LogP contribution in [0.25, 0.3) is 0 Å². The van der Waals surface area contributed by atoms with E-state index in [1.165, 1.54) is 32.4 Å². The van der Waals surface area contributed by atoms with E-state index in [1.807, 2.05) is 0 Å². The molecule has 3 rings (SSSR count). The zero-order chi connectivity index (χ0) is 23.3. The maximum atomic E-state index is 12.7. The zero-order valence-corrected chi connectivity index (χ0v) is 19.9.